The molecule has 2 fully saturated rings. The third kappa shape index (κ3) is 2.36. The van der Waals surface area contributed by atoms with Crippen LogP contribution in [0.4, 0.5) is 0 Å². The van der Waals surface area contributed by atoms with Crippen LogP contribution in [0.5, 0.6) is 0 Å². The fraction of sp³-hybridized carbons (Fsp3) is 1.00. The third-order valence-corrected chi connectivity index (χ3v) is 4.73. The first kappa shape index (κ1) is 11.4. The van der Waals surface area contributed by atoms with Crippen molar-refractivity contribution in [3.63, 3.8) is 0 Å². The average molecular weight is 211 g/mol. The maximum atomic E-state index is 9.76. The quantitative estimate of drug-likeness (QED) is 0.663. The van der Waals surface area contributed by atoms with E-state index >= 15 is 0 Å². The Labute approximate surface area is 93.7 Å². The van der Waals surface area contributed by atoms with Crippen molar-refractivity contribution >= 4 is 0 Å². The molecule has 1 heterocycles. The van der Waals surface area contributed by atoms with E-state index in [1.165, 1.54) is 19.4 Å². The number of rotatable bonds is 0. The Kier molecular flexibility index (Phi) is 3.36. The monoisotopic (exact) mass is 211 g/mol. The summed E-state index contributed by atoms with van der Waals surface area (Å²) in [6.07, 6.45) is 4.61. The van der Waals surface area contributed by atoms with E-state index < -0.39 is 0 Å². The molecule has 5 unspecified atom stereocenters. The van der Waals surface area contributed by atoms with Gasteiger partial charge in [0.05, 0.1) is 6.10 Å². The SMILES string of the molecule is CC1CC(C)N(C)CC2CC(O)CCC12. The van der Waals surface area contributed by atoms with Crippen LogP contribution in [0, 0.1) is 17.8 Å². The van der Waals surface area contributed by atoms with E-state index in [-0.39, 0.29) is 6.10 Å². The van der Waals surface area contributed by atoms with Gasteiger partial charge in [0.25, 0.3) is 0 Å². The van der Waals surface area contributed by atoms with Gasteiger partial charge < -0.3 is 10.0 Å². The maximum absolute atomic E-state index is 9.76. The fourth-order valence-electron chi connectivity index (χ4n) is 3.66. The minimum Gasteiger partial charge on any atom is -0.393 e. The molecular formula is C13H25NO. The number of hydrogen-bond acceptors (Lipinski definition) is 2. The highest BCUT2D eigenvalue weighted by Crippen LogP contribution is 2.40. The zero-order valence-corrected chi connectivity index (χ0v) is 10.3. The van der Waals surface area contributed by atoms with Crippen molar-refractivity contribution in [3.05, 3.63) is 0 Å². The fourth-order valence-corrected chi connectivity index (χ4v) is 3.66. The molecule has 1 saturated carbocycles. The molecule has 0 amide bonds. The number of aliphatic hydroxyl groups is 1. The van der Waals surface area contributed by atoms with Gasteiger partial charge in [0, 0.05) is 12.6 Å². The molecule has 15 heavy (non-hydrogen) atoms. The summed E-state index contributed by atoms with van der Waals surface area (Å²) in [7, 11) is 2.24. The van der Waals surface area contributed by atoms with E-state index in [0.29, 0.717) is 6.04 Å². The van der Waals surface area contributed by atoms with Gasteiger partial charge in [-0.1, -0.05) is 6.92 Å². The zero-order chi connectivity index (χ0) is 11.0. The summed E-state index contributed by atoms with van der Waals surface area (Å²) in [5, 5.41) is 9.76. The second kappa shape index (κ2) is 4.42. The van der Waals surface area contributed by atoms with Crippen molar-refractivity contribution in [1.29, 1.82) is 0 Å². The summed E-state index contributed by atoms with van der Waals surface area (Å²) in [6, 6.07) is 0.711. The minimum atomic E-state index is -0.0275. The molecule has 1 saturated heterocycles. The Morgan fingerprint density at radius 3 is 2.60 bits per heavy atom. The van der Waals surface area contributed by atoms with Crippen LogP contribution in [0.15, 0.2) is 0 Å². The van der Waals surface area contributed by atoms with Crippen LogP contribution in [-0.2, 0) is 0 Å². The van der Waals surface area contributed by atoms with E-state index in [2.05, 4.69) is 25.8 Å². The first-order valence-corrected chi connectivity index (χ1v) is 6.46. The van der Waals surface area contributed by atoms with Crippen molar-refractivity contribution in [2.24, 2.45) is 17.8 Å². The molecule has 0 aromatic heterocycles. The van der Waals surface area contributed by atoms with Crippen molar-refractivity contribution < 1.29 is 5.11 Å². The second-order valence-corrected chi connectivity index (χ2v) is 5.89. The lowest BCUT2D eigenvalue weighted by molar-refractivity contribution is 0.0478. The van der Waals surface area contributed by atoms with E-state index in [9.17, 15) is 5.11 Å². The predicted octanol–water partition coefficient (Wildman–Crippen LogP) is 2.12. The van der Waals surface area contributed by atoms with Gasteiger partial charge in [-0.05, 0) is 57.4 Å². The highest BCUT2D eigenvalue weighted by atomic mass is 16.3. The Bertz CT molecular complexity index is 219. The predicted molar refractivity (Wildman–Crippen MR) is 62.7 cm³/mol. The van der Waals surface area contributed by atoms with Crippen molar-refractivity contribution in [3.8, 4) is 0 Å². The molecule has 0 radical (unpaired) electrons. The van der Waals surface area contributed by atoms with Gasteiger partial charge in [0.1, 0.15) is 0 Å². The first-order chi connectivity index (χ1) is 7.08. The van der Waals surface area contributed by atoms with Gasteiger partial charge in [-0.3, -0.25) is 0 Å². The average Bonchev–Trinajstić information content (AvgIpc) is 2.25. The molecule has 2 heteroatoms. The van der Waals surface area contributed by atoms with E-state index in [1.807, 2.05) is 0 Å². The van der Waals surface area contributed by atoms with Crippen molar-refractivity contribution in [2.75, 3.05) is 13.6 Å². The zero-order valence-electron chi connectivity index (χ0n) is 10.3. The number of hydrogen-bond donors (Lipinski definition) is 1. The number of aliphatic hydroxyl groups excluding tert-OH is 1. The summed E-state index contributed by atoms with van der Waals surface area (Å²) in [6.45, 7) is 5.93. The van der Waals surface area contributed by atoms with E-state index in [4.69, 9.17) is 0 Å². The molecule has 0 bridgehead atoms. The Hall–Kier alpha value is -0.0800. The number of fused-ring (bicyclic) bond motifs is 1. The van der Waals surface area contributed by atoms with E-state index in [1.54, 1.807) is 0 Å². The van der Waals surface area contributed by atoms with Crippen LogP contribution in [0.1, 0.15) is 39.5 Å². The molecule has 0 aromatic carbocycles. The molecular weight excluding hydrogens is 186 g/mol. The standard InChI is InChI=1S/C13H25NO/c1-9-6-10(2)14(3)8-11-7-12(15)4-5-13(9)11/h9-13,15H,4-8H2,1-3H3. The normalized spacial score (nSPS) is 48.4. The summed E-state index contributed by atoms with van der Waals surface area (Å²) >= 11 is 0. The van der Waals surface area contributed by atoms with Crippen molar-refractivity contribution in [2.45, 2.75) is 51.7 Å². The molecule has 1 N–H and O–H groups in total. The number of nitrogens with zero attached hydrogens (tertiary/aromatic N) is 1. The van der Waals surface area contributed by atoms with Crippen LogP contribution >= 0.6 is 0 Å². The molecule has 2 aliphatic rings. The van der Waals surface area contributed by atoms with Gasteiger partial charge in [0.15, 0.2) is 0 Å². The molecule has 2 rings (SSSR count). The Morgan fingerprint density at radius 2 is 1.87 bits per heavy atom. The summed E-state index contributed by atoms with van der Waals surface area (Å²) in [5.41, 5.74) is 0. The van der Waals surface area contributed by atoms with Gasteiger partial charge in [0.2, 0.25) is 0 Å². The second-order valence-electron chi connectivity index (χ2n) is 5.89. The molecule has 5 atom stereocenters. The highest BCUT2D eigenvalue weighted by Gasteiger charge is 2.37. The van der Waals surface area contributed by atoms with Crippen LogP contribution in [-0.4, -0.2) is 35.7 Å². The third-order valence-electron chi connectivity index (χ3n) is 4.73. The van der Waals surface area contributed by atoms with Gasteiger partial charge in [-0.15, -0.1) is 0 Å². The molecule has 88 valence electrons. The summed E-state index contributed by atoms with van der Waals surface area (Å²) in [4.78, 5) is 2.49. The minimum absolute atomic E-state index is 0.0275. The Balaban J connectivity index is 2.09. The van der Waals surface area contributed by atoms with Gasteiger partial charge in [-0.2, -0.15) is 0 Å². The lowest BCUT2D eigenvalue weighted by Crippen LogP contribution is -2.36. The molecule has 0 aromatic rings. The molecule has 1 aliphatic carbocycles. The van der Waals surface area contributed by atoms with Crippen LogP contribution in [0.25, 0.3) is 0 Å². The lowest BCUT2D eigenvalue weighted by atomic mass is 9.71. The van der Waals surface area contributed by atoms with Crippen LogP contribution < -0.4 is 0 Å². The highest BCUT2D eigenvalue weighted by molar-refractivity contribution is 4.89. The molecule has 2 nitrogen and oxygen atoms in total. The summed E-state index contributed by atoms with van der Waals surface area (Å²) < 4.78 is 0. The Morgan fingerprint density at radius 1 is 1.13 bits per heavy atom. The molecule has 0 spiro atoms. The maximum Gasteiger partial charge on any atom is 0.0543 e. The topological polar surface area (TPSA) is 23.5 Å². The van der Waals surface area contributed by atoms with Gasteiger partial charge >= 0.3 is 0 Å². The molecule has 1 aliphatic heterocycles. The lowest BCUT2D eigenvalue weighted by Gasteiger charge is -2.36. The largest absolute Gasteiger partial charge is 0.393 e. The number of likely N-dealkylation sites (tertiary alicyclic amines) is 1. The van der Waals surface area contributed by atoms with Gasteiger partial charge in [-0.25, -0.2) is 0 Å². The summed E-state index contributed by atoms with van der Waals surface area (Å²) in [5.74, 6) is 2.43. The van der Waals surface area contributed by atoms with Crippen LogP contribution in [0.2, 0.25) is 0 Å². The van der Waals surface area contributed by atoms with Crippen LogP contribution in [0.3, 0.4) is 0 Å². The van der Waals surface area contributed by atoms with Crippen molar-refractivity contribution in [1.82, 2.24) is 4.90 Å². The van der Waals surface area contributed by atoms with E-state index in [0.717, 1.165) is 30.6 Å². The first-order valence-electron chi connectivity index (χ1n) is 6.46. The smallest absolute Gasteiger partial charge is 0.0543 e.